The Morgan fingerprint density at radius 3 is 2.67 bits per heavy atom. The molecule has 2 saturated heterocycles. The van der Waals surface area contributed by atoms with Crippen LogP contribution in [-0.2, 0) is 4.79 Å². The molecule has 2 fully saturated rings. The maximum absolute atomic E-state index is 12.4. The van der Waals surface area contributed by atoms with E-state index in [1.807, 2.05) is 11.0 Å². The minimum absolute atomic E-state index is 0.303. The largest absolute Gasteiger partial charge is 0.339 e. The average Bonchev–Trinajstić information content (AvgIpc) is 2.57. The molecule has 1 aromatic rings. The first-order valence-corrected chi connectivity index (χ1v) is 7.83. The van der Waals surface area contributed by atoms with Crippen molar-refractivity contribution in [1.82, 2.24) is 20.2 Å². The lowest BCUT2D eigenvalue weighted by molar-refractivity contribution is -0.132. The molecule has 1 N–H and O–H groups in total. The molecule has 114 valence electrons. The lowest BCUT2D eigenvalue weighted by Gasteiger charge is -2.35. The standard InChI is InChI=1S/C15H23N5O/c21-14(11-13-3-1-4-16-12-13)19-7-9-20(10-8-19)15-17-5-2-6-18-15/h2,5-6,13,16H,1,3-4,7-12H2. The SMILES string of the molecule is O=C(CC1CCCNC1)N1CCN(c2ncccn2)CC1. The molecule has 6 heteroatoms. The maximum Gasteiger partial charge on any atom is 0.225 e. The lowest BCUT2D eigenvalue weighted by Crippen LogP contribution is -2.50. The Morgan fingerprint density at radius 1 is 1.24 bits per heavy atom. The van der Waals surface area contributed by atoms with Crippen molar-refractivity contribution in [1.29, 1.82) is 0 Å². The van der Waals surface area contributed by atoms with Crippen LogP contribution in [0.25, 0.3) is 0 Å². The monoisotopic (exact) mass is 289 g/mol. The topological polar surface area (TPSA) is 61.4 Å². The van der Waals surface area contributed by atoms with Gasteiger partial charge in [-0.15, -0.1) is 0 Å². The van der Waals surface area contributed by atoms with Gasteiger partial charge >= 0.3 is 0 Å². The molecule has 2 aliphatic rings. The molecule has 0 aromatic carbocycles. The van der Waals surface area contributed by atoms with Gasteiger partial charge in [-0.1, -0.05) is 0 Å². The third kappa shape index (κ3) is 3.69. The molecule has 1 atom stereocenters. The van der Waals surface area contributed by atoms with Crippen LogP contribution >= 0.6 is 0 Å². The summed E-state index contributed by atoms with van der Waals surface area (Å²) >= 11 is 0. The van der Waals surface area contributed by atoms with Crippen molar-refractivity contribution >= 4 is 11.9 Å². The molecule has 1 aromatic heterocycles. The Morgan fingerprint density at radius 2 is 2.00 bits per heavy atom. The highest BCUT2D eigenvalue weighted by atomic mass is 16.2. The summed E-state index contributed by atoms with van der Waals surface area (Å²) in [6, 6.07) is 1.82. The van der Waals surface area contributed by atoms with Crippen LogP contribution in [0.4, 0.5) is 5.95 Å². The second kappa shape index (κ2) is 6.85. The van der Waals surface area contributed by atoms with Gasteiger partial charge in [0.25, 0.3) is 0 Å². The van der Waals surface area contributed by atoms with Crippen molar-refractivity contribution in [3.63, 3.8) is 0 Å². The minimum atomic E-state index is 0.303. The van der Waals surface area contributed by atoms with Gasteiger partial charge in [-0.3, -0.25) is 4.79 Å². The van der Waals surface area contributed by atoms with Crippen molar-refractivity contribution in [3.05, 3.63) is 18.5 Å². The Balaban J connectivity index is 1.47. The first kappa shape index (κ1) is 14.3. The zero-order valence-electron chi connectivity index (χ0n) is 12.4. The summed E-state index contributed by atoms with van der Waals surface area (Å²) < 4.78 is 0. The summed E-state index contributed by atoms with van der Waals surface area (Å²) in [7, 11) is 0. The Labute approximate surface area is 125 Å². The predicted octanol–water partition coefficient (Wildman–Crippen LogP) is 0.515. The number of nitrogens with one attached hydrogen (secondary N) is 1. The third-order valence-electron chi connectivity index (χ3n) is 4.33. The molecule has 0 spiro atoms. The molecule has 0 radical (unpaired) electrons. The molecule has 3 heterocycles. The van der Waals surface area contributed by atoms with Crippen LogP contribution in [0.5, 0.6) is 0 Å². The summed E-state index contributed by atoms with van der Waals surface area (Å²) in [6.07, 6.45) is 6.58. The fraction of sp³-hybridized carbons (Fsp3) is 0.667. The number of piperidine rings is 1. The lowest BCUT2D eigenvalue weighted by atomic mass is 9.95. The van der Waals surface area contributed by atoms with Crippen LogP contribution in [0.15, 0.2) is 18.5 Å². The molecule has 0 saturated carbocycles. The van der Waals surface area contributed by atoms with Gasteiger partial charge in [0.1, 0.15) is 0 Å². The number of carbonyl (C=O) groups excluding carboxylic acids is 1. The highest BCUT2D eigenvalue weighted by molar-refractivity contribution is 5.76. The molecule has 0 bridgehead atoms. The third-order valence-corrected chi connectivity index (χ3v) is 4.33. The molecule has 0 aliphatic carbocycles. The number of aromatic nitrogens is 2. The molecule has 6 nitrogen and oxygen atoms in total. The summed E-state index contributed by atoms with van der Waals surface area (Å²) in [6.45, 7) is 5.27. The summed E-state index contributed by atoms with van der Waals surface area (Å²) in [5, 5.41) is 3.38. The molecule has 2 aliphatic heterocycles. The summed E-state index contributed by atoms with van der Waals surface area (Å²) in [5.74, 6) is 1.58. The van der Waals surface area contributed by atoms with Gasteiger partial charge in [0, 0.05) is 45.0 Å². The Bertz CT molecular complexity index is 452. The summed E-state index contributed by atoms with van der Waals surface area (Å²) in [4.78, 5) is 25.0. The van der Waals surface area contributed by atoms with E-state index in [0.29, 0.717) is 18.2 Å². The number of carbonyl (C=O) groups is 1. The van der Waals surface area contributed by atoms with Gasteiger partial charge in [0.15, 0.2) is 0 Å². The molecule has 3 rings (SSSR count). The van der Waals surface area contributed by atoms with E-state index in [-0.39, 0.29) is 0 Å². The molecule has 1 amide bonds. The van der Waals surface area contributed by atoms with Crippen LogP contribution in [0.1, 0.15) is 19.3 Å². The van der Waals surface area contributed by atoms with Crippen molar-refractivity contribution in [2.75, 3.05) is 44.2 Å². The quantitative estimate of drug-likeness (QED) is 0.879. The predicted molar refractivity (Wildman–Crippen MR) is 81.0 cm³/mol. The number of amides is 1. The number of hydrogen-bond donors (Lipinski definition) is 1. The van der Waals surface area contributed by atoms with Gasteiger partial charge < -0.3 is 15.1 Å². The van der Waals surface area contributed by atoms with E-state index in [0.717, 1.165) is 45.2 Å². The van der Waals surface area contributed by atoms with Gasteiger partial charge in [-0.05, 0) is 37.9 Å². The van der Waals surface area contributed by atoms with E-state index >= 15 is 0 Å². The number of hydrogen-bond acceptors (Lipinski definition) is 5. The van der Waals surface area contributed by atoms with Crippen LogP contribution in [0, 0.1) is 5.92 Å². The first-order chi connectivity index (χ1) is 10.3. The Hall–Kier alpha value is -1.69. The smallest absolute Gasteiger partial charge is 0.225 e. The highest BCUT2D eigenvalue weighted by Gasteiger charge is 2.25. The van der Waals surface area contributed by atoms with E-state index in [4.69, 9.17) is 0 Å². The van der Waals surface area contributed by atoms with Crippen molar-refractivity contribution in [2.45, 2.75) is 19.3 Å². The normalized spacial score (nSPS) is 23.1. The van der Waals surface area contributed by atoms with Crippen LogP contribution in [0.3, 0.4) is 0 Å². The highest BCUT2D eigenvalue weighted by Crippen LogP contribution is 2.17. The fourth-order valence-corrected chi connectivity index (χ4v) is 3.08. The fourth-order valence-electron chi connectivity index (χ4n) is 3.08. The summed E-state index contributed by atoms with van der Waals surface area (Å²) in [5.41, 5.74) is 0. The van der Waals surface area contributed by atoms with Gasteiger partial charge in [0.2, 0.25) is 11.9 Å². The molecular formula is C15H23N5O. The van der Waals surface area contributed by atoms with E-state index in [1.54, 1.807) is 12.4 Å². The first-order valence-electron chi connectivity index (χ1n) is 7.83. The molecular weight excluding hydrogens is 266 g/mol. The van der Waals surface area contributed by atoms with Crippen molar-refractivity contribution in [2.24, 2.45) is 5.92 Å². The zero-order valence-corrected chi connectivity index (χ0v) is 12.4. The minimum Gasteiger partial charge on any atom is -0.339 e. The van der Waals surface area contributed by atoms with E-state index in [9.17, 15) is 4.79 Å². The van der Waals surface area contributed by atoms with Crippen molar-refractivity contribution < 1.29 is 4.79 Å². The van der Waals surface area contributed by atoms with E-state index in [1.165, 1.54) is 12.8 Å². The zero-order chi connectivity index (χ0) is 14.5. The average molecular weight is 289 g/mol. The van der Waals surface area contributed by atoms with Gasteiger partial charge in [-0.2, -0.15) is 0 Å². The van der Waals surface area contributed by atoms with E-state index < -0.39 is 0 Å². The molecule has 1 unspecified atom stereocenters. The van der Waals surface area contributed by atoms with Crippen LogP contribution in [-0.4, -0.2) is 60.0 Å². The van der Waals surface area contributed by atoms with E-state index in [2.05, 4.69) is 20.2 Å². The number of anilines is 1. The van der Waals surface area contributed by atoms with Crippen LogP contribution in [0.2, 0.25) is 0 Å². The Kier molecular flexibility index (Phi) is 4.65. The molecule has 21 heavy (non-hydrogen) atoms. The number of nitrogens with zero attached hydrogens (tertiary/aromatic N) is 4. The van der Waals surface area contributed by atoms with Gasteiger partial charge in [0.05, 0.1) is 0 Å². The maximum atomic E-state index is 12.4. The second-order valence-corrected chi connectivity index (χ2v) is 5.83. The number of piperazine rings is 1. The van der Waals surface area contributed by atoms with Gasteiger partial charge in [-0.25, -0.2) is 9.97 Å². The van der Waals surface area contributed by atoms with Crippen molar-refractivity contribution in [3.8, 4) is 0 Å². The number of rotatable bonds is 3. The van der Waals surface area contributed by atoms with Crippen LogP contribution < -0.4 is 10.2 Å². The second-order valence-electron chi connectivity index (χ2n) is 5.83.